The Balaban J connectivity index is 2.32. The van der Waals surface area contributed by atoms with E-state index in [2.05, 4.69) is 4.90 Å². The summed E-state index contributed by atoms with van der Waals surface area (Å²) in [4.78, 5) is 2.48. The van der Waals surface area contributed by atoms with Crippen LogP contribution in [0.2, 0.25) is 0 Å². The summed E-state index contributed by atoms with van der Waals surface area (Å²) in [5.74, 6) is 0.665. The standard InChI is InChI=1S/C14H30N2O2/c1-17-10-5-8-16(9-11-18-2)12-13-6-3-4-7-14(13)15/h13-14H,3-12,15H2,1-2H3. The lowest BCUT2D eigenvalue weighted by atomic mass is 9.84. The zero-order chi connectivity index (χ0) is 13.2. The van der Waals surface area contributed by atoms with E-state index in [1.54, 1.807) is 14.2 Å². The van der Waals surface area contributed by atoms with Gasteiger partial charge in [0.05, 0.1) is 6.61 Å². The van der Waals surface area contributed by atoms with Gasteiger partial charge in [0.2, 0.25) is 0 Å². The smallest absolute Gasteiger partial charge is 0.0589 e. The van der Waals surface area contributed by atoms with Gasteiger partial charge < -0.3 is 20.1 Å². The Morgan fingerprint density at radius 3 is 2.44 bits per heavy atom. The van der Waals surface area contributed by atoms with E-state index < -0.39 is 0 Å². The first-order valence-electron chi connectivity index (χ1n) is 7.23. The molecule has 2 atom stereocenters. The molecule has 0 aromatic heterocycles. The summed E-state index contributed by atoms with van der Waals surface area (Å²) in [7, 11) is 3.52. The molecule has 18 heavy (non-hydrogen) atoms. The number of nitrogens with two attached hydrogens (primary N) is 1. The van der Waals surface area contributed by atoms with Crippen molar-refractivity contribution in [1.29, 1.82) is 0 Å². The van der Waals surface area contributed by atoms with Crippen molar-refractivity contribution < 1.29 is 9.47 Å². The normalized spacial score (nSPS) is 24.7. The van der Waals surface area contributed by atoms with Crippen LogP contribution in [-0.4, -0.2) is 58.0 Å². The van der Waals surface area contributed by atoms with Crippen LogP contribution in [0.15, 0.2) is 0 Å². The van der Waals surface area contributed by atoms with E-state index in [0.717, 1.165) is 39.3 Å². The second-order valence-electron chi connectivity index (χ2n) is 5.35. The minimum atomic E-state index is 0.395. The molecule has 0 bridgehead atoms. The van der Waals surface area contributed by atoms with Crippen LogP contribution in [-0.2, 0) is 9.47 Å². The van der Waals surface area contributed by atoms with Crippen LogP contribution in [0.3, 0.4) is 0 Å². The lowest BCUT2D eigenvalue weighted by Gasteiger charge is -2.33. The van der Waals surface area contributed by atoms with Crippen LogP contribution in [0.5, 0.6) is 0 Å². The molecule has 2 N–H and O–H groups in total. The molecule has 1 saturated carbocycles. The lowest BCUT2D eigenvalue weighted by molar-refractivity contribution is 0.112. The maximum absolute atomic E-state index is 6.23. The van der Waals surface area contributed by atoms with E-state index in [-0.39, 0.29) is 0 Å². The summed E-state index contributed by atoms with van der Waals surface area (Å²) in [6, 6.07) is 0.395. The van der Waals surface area contributed by atoms with E-state index in [1.165, 1.54) is 25.7 Å². The first-order chi connectivity index (χ1) is 8.77. The van der Waals surface area contributed by atoms with Gasteiger partial charge in [-0.25, -0.2) is 0 Å². The van der Waals surface area contributed by atoms with E-state index >= 15 is 0 Å². The molecular formula is C14H30N2O2. The fourth-order valence-corrected chi connectivity index (χ4v) is 2.74. The van der Waals surface area contributed by atoms with Gasteiger partial charge in [-0.2, -0.15) is 0 Å². The monoisotopic (exact) mass is 258 g/mol. The molecule has 1 aliphatic rings. The largest absolute Gasteiger partial charge is 0.385 e. The third-order valence-corrected chi connectivity index (χ3v) is 3.90. The summed E-state index contributed by atoms with van der Waals surface area (Å²) in [5.41, 5.74) is 6.23. The summed E-state index contributed by atoms with van der Waals surface area (Å²) in [5, 5.41) is 0. The Labute approximate surface area is 112 Å². The molecule has 2 unspecified atom stereocenters. The molecular weight excluding hydrogens is 228 g/mol. The van der Waals surface area contributed by atoms with E-state index in [9.17, 15) is 0 Å². The molecule has 0 aromatic rings. The Morgan fingerprint density at radius 1 is 1.06 bits per heavy atom. The molecule has 108 valence electrons. The van der Waals surface area contributed by atoms with Gasteiger partial charge in [-0.05, 0) is 25.2 Å². The molecule has 0 radical (unpaired) electrons. The molecule has 0 saturated heterocycles. The molecule has 1 fully saturated rings. The average Bonchev–Trinajstić information content (AvgIpc) is 2.38. The number of nitrogens with zero attached hydrogens (tertiary/aromatic N) is 1. The van der Waals surface area contributed by atoms with Crippen LogP contribution in [0.25, 0.3) is 0 Å². The maximum atomic E-state index is 6.23. The molecule has 0 heterocycles. The van der Waals surface area contributed by atoms with Crippen molar-refractivity contribution in [1.82, 2.24) is 4.90 Å². The number of hydrogen-bond donors (Lipinski definition) is 1. The van der Waals surface area contributed by atoms with Gasteiger partial charge in [0.25, 0.3) is 0 Å². The molecule has 0 aliphatic heterocycles. The third-order valence-electron chi connectivity index (χ3n) is 3.90. The second-order valence-corrected chi connectivity index (χ2v) is 5.35. The Morgan fingerprint density at radius 2 is 1.78 bits per heavy atom. The Hall–Kier alpha value is -0.160. The van der Waals surface area contributed by atoms with Gasteiger partial charge in [0.15, 0.2) is 0 Å². The van der Waals surface area contributed by atoms with Gasteiger partial charge in [0.1, 0.15) is 0 Å². The Kier molecular flexibility index (Phi) is 8.59. The van der Waals surface area contributed by atoms with Crippen molar-refractivity contribution >= 4 is 0 Å². The predicted molar refractivity (Wildman–Crippen MR) is 74.7 cm³/mol. The first-order valence-corrected chi connectivity index (χ1v) is 7.23. The first kappa shape index (κ1) is 15.9. The minimum absolute atomic E-state index is 0.395. The fourth-order valence-electron chi connectivity index (χ4n) is 2.74. The van der Waals surface area contributed by atoms with Crippen molar-refractivity contribution in [2.75, 3.05) is 47.1 Å². The van der Waals surface area contributed by atoms with Crippen LogP contribution < -0.4 is 5.73 Å². The maximum Gasteiger partial charge on any atom is 0.0589 e. The number of ether oxygens (including phenoxy) is 2. The molecule has 0 amide bonds. The second kappa shape index (κ2) is 9.73. The Bertz CT molecular complexity index is 202. The average molecular weight is 258 g/mol. The van der Waals surface area contributed by atoms with Crippen molar-refractivity contribution in [3.63, 3.8) is 0 Å². The van der Waals surface area contributed by atoms with Gasteiger partial charge in [-0.15, -0.1) is 0 Å². The van der Waals surface area contributed by atoms with Crippen molar-refractivity contribution in [3.05, 3.63) is 0 Å². The SMILES string of the molecule is COCCCN(CCOC)CC1CCCCC1N. The number of methoxy groups -OCH3 is 2. The van der Waals surface area contributed by atoms with Gasteiger partial charge in [-0.1, -0.05) is 12.8 Å². The third kappa shape index (κ3) is 6.14. The van der Waals surface area contributed by atoms with Crippen LogP contribution in [0.4, 0.5) is 0 Å². The van der Waals surface area contributed by atoms with Crippen LogP contribution in [0.1, 0.15) is 32.1 Å². The zero-order valence-corrected chi connectivity index (χ0v) is 12.1. The van der Waals surface area contributed by atoms with Crippen LogP contribution in [0, 0.1) is 5.92 Å². The van der Waals surface area contributed by atoms with Crippen molar-refractivity contribution in [2.24, 2.45) is 11.7 Å². The van der Waals surface area contributed by atoms with E-state index in [0.29, 0.717) is 12.0 Å². The van der Waals surface area contributed by atoms with E-state index in [4.69, 9.17) is 15.2 Å². The summed E-state index contributed by atoms with van der Waals surface area (Å²) >= 11 is 0. The van der Waals surface area contributed by atoms with Crippen molar-refractivity contribution in [2.45, 2.75) is 38.1 Å². The molecule has 4 heteroatoms. The van der Waals surface area contributed by atoms with Gasteiger partial charge >= 0.3 is 0 Å². The summed E-state index contributed by atoms with van der Waals surface area (Å²) in [6.07, 6.45) is 6.21. The molecule has 1 aliphatic carbocycles. The predicted octanol–water partition coefficient (Wildman–Crippen LogP) is 1.49. The fraction of sp³-hybridized carbons (Fsp3) is 1.00. The number of hydrogen-bond acceptors (Lipinski definition) is 4. The highest BCUT2D eigenvalue weighted by Gasteiger charge is 2.23. The highest BCUT2D eigenvalue weighted by atomic mass is 16.5. The van der Waals surface area contributed by atoms with Gasteiger partial charge in [0, 0.05) is 46.5 Å². The quantitative estimate of drug-likeness (QED) is 0.637. The van der Waals surface area contributed by atoms with Crippen molar-refractivity contribution in [3.8, 4) is 0 Å². The van der Waals surface area contributed by atoms with E-state index in [1.807, 2.05) is 0 Å². The zero-order valence-electron chi connectivity index (χ0n) is 12.1. The van der Waals surface area contributed by atoms with Crippen LogP contribution >= 0.6 is 0 Å². The topological polar surface area (TPSA) is 47.7 Å². The van der Waals surface area contributed by atoms with Gasteiger partial charge in [-0.3, -0.25) is 0 Å². The lowest BCUT2D eigenvalue weighted by Crippen LogP contribution is -2.42. The number of rotatable bonds is 9. The molecule has 1 rings (SSSR count). The highest BCUT2D eigenvalue weighted by Crippen LogP contribution is 2.23. The highest BCUT2D eigenvalue weighted by molar-refractivity contribution is 4.80. The molecule has 0 aromatic carbocycles. The summed E-state index contributed by atoms with van der Waals surface area (Å²) < 4.78 is 10.3. The molecule has 4 nitrogen and oxygen atoms in total. The molecule has 0 spiro atoms. The minimum Gasteiger partial charge on any atom is -0.385 e. The summed E-state index contributed by atoms with van der Waals surface area (Å²) in [6.45, 7) is 4.84.